The van der Waals surface area contributed by atoms with Gasteiger partial charge < -0.3 is 24.5 Å². The maximum absolute atomic E-state index is 14.7. The SMILES string of the molecule is CCCCC[C@@H](C(=O)NCNC(=O)c1ccc(-c2cc(OCC)c(F)c(C(=O)OC)c2)o1)[C@@H](CC)C(=O)NOCc1ccccc1. The number of esters is 1. The van der Waals surface area contributed by atoms with Crippen molar-refractivity contribution < 1.29 is 42.3 Å². The molecule has 3 aromatic rings. The van der Waals surface area contributed by atoms with Crippen LogP contribution in [0.2, 0.25) is 0 Å². The van der Waals surface area contributed by atoms with Crippen molar-refractivity contribution in [2.75, 3.05) is 20.4 Å². The van der Waals surface area contributed by atoms with Crippen LogP contribution in [0.25, 0.3) is 11.3 Å². The van der Waals surface area contributed by atoms with Crippen LogP contribution in [0, 0.1) is 17.7 Å². The molecule has 2 atom stereocenters. The number of unbranched alkanes of at least 4 members (excludes halogenated alkanes) is 2. The van der Waals surface area contributed by atoms with Gasteiger partial charge in [-0.2, -0.15) is 0 Å². The Hall–Kier alpha value is -4.71. The molecule has 0 saturated heterocycles. The Kier molecular flexibility index (Phi) is 14.2. The van der Waals surface area contributed by atoms with E-state index in [2.05, 4.69) is 27.8 Å². The van der Waals surface area contributed by atoms with Gasteiger partial charge in [0, 0.05) is 11.5 Å². The molecular weight excluding hydrogens is 597 g/mol. The predicted molar refractivity (Wildman–Crippen MR) is 168 cm³/mol. The summed E-state index contributed by atoms with van der Waals surface area (Å²) < 4.78 is 30.4. The molecule has 12 heteroatoms. The van der Waals surface area contributed by atoms with Crippen molar-refractivity contribution in [3.8, 4) is 17.1 Å². The van der Waals surface area contributed by atoms with Gasteiger partial charge in [-0.1, -0.05) is 63.4 Å². The van der Waals surface area contributed by atoms with Crippen molar-refractivity contribution in [2.45, 2.75) is 59.5 Å². The number of amides is 3. The first kappa shape index (κ1) is 35.8. The molecule has 2 aromatic carbocycles. The minimum atomic E-state index is -0.893. The summed E-state index contributed by atoms with van der Waals surface area (Å²) in [7, 11) is 1.13. The van der Waals surface area contributed by atoms with Crippen LogP contribution in [0.15, 0.2) is 59.0 Å². The van der Waals surface area contributed by atoms with Crippen LogP contribution >= 0.6 is 0 Å². The number of rotatable bonds is 18. The number of methoxy groups -OCH3 is 1. The molecule has 3 amide bonds. The van der Waals surface area contributed by atoms with Gasteiger partial charge in [0.05, 0.1) is 38.5 Å². The van der Waals surface area contributed by atoms with Crippen molar-refractivity contribution in [3.05, 3.63) is 77.3 Å². The Morgan fingerprint density at radius 3 is 2.35 bits per heavy atom. The van der Waals surface area contributed by atoms with E-state index < -0.39 is 29.5 Å². The third-order valence-electron chi connectivity index (χ3n) is 7.34. The minimum absolute atomic E-state index is 0.0768. The molecule has 0 aliphatic carbocycles. The summed E-state index contributed by atoms with van der Waals surface area (Å²) in [6.07, 6.45) is 3.53. The zero-order valence-electron chi connectivity index (χ0n) is 26.7. The molecule has 248 valence electrons. The average molecular weight is 640 g/mol. The van der Waals surface area contributed by atoms with Gasteiger partial charge in [0.25, 0.3) is 5.91 Å². The van der Waals surface area contributed by atoms with Crippen molar-refractivity contribution >= 4 is 23.7 Å². The standard InChI is InChI=1S/C34H42FN3O8/c1-5-8-10-15-25(24(6-2)32(40)38-45-20-22-13-11-9-12-14-22)31(39)36-21-37-33(41)28-17-16-27(46-28)23-18-26(34(42)43-4)30(35)29(19-23)44-7-3/h9,11-14,16-19,24-25H,5-8,10,15,20-21H2,1-4H3,(H,36,39)(H,37,41)(H,38,40)/t24-,25-/m1/s1. The van der Waals surface area contributed by atoms with Crippen molar-refractivity contribution in [2.24, 2.45) is 11.8 Å². The third kappa shape index (κ3) is 9.90. The van der Waals surface area contributed by atoms with E-state index in [9.17, 15) is 23.6 Å². The highest BCUT2D eigenvalue weighted by atomic mass is 19.1. The van der Waals surface area contributed by atoms with Crippen LogP contribution in [0.3, 0.4) is 0 Å². The number of carbonyl (C=O) groups is 4. The fraction of sp³-hybridized carbons (Fsp3) is 0.412. The van der Waals surface area contributed by atoms with E-state index >= 15 is 0 Å². The van der Waals surface area contributed by atoms with Gasteiger partial charge in [-0.15, -0.1) is 0 Å². The number of hydroxylamine groups is 1. The van der Waals surface area contributed by atoms with E-state index in [-0.39, 0.29) is 54.5 Å². The van der Waals surface area contributed by atoms with Crippen LogP contribution < -0.4 is 20.9 Å². The Morgan fingerprint density at radius 2 is 1.67 bits per heavy atom. The van der Waals surface area contributed by atoms with E-state index in [0.29, 0.717) is 18.4 Å². The first-order valence-electron chi connectivity index (χ1n) is 15.4. The number of ether oxygens (including phenoxy) is 2. The van der Waals surface area contributed by atoms with Gasteiger partial charge in [-0.05, 0) is 49.6 Å². The third-order valence-corrected chi connectivity index (χ3v) is 7.34. The van der Waals surface area contributed by atoms with Gasteiger partial charge in [0.15, 0.2) is 17.3 Å². The Balaban J connectivity index is 1.63. The van der Waals surface area contributed by atoms with E-state index in [4.69, 9.17) is 14.0 Å². The summed E-state index contributed by atoms with van der Waals surface area (Å²) in [5.41, 5.74) is 3.34. The molecule has 1 aromatic heterocycles. The summed E-state index contributed by atoms with van der Waals surface area (Å²) in [5.74, 6) is -4.46. The zero-order chi connectivity index (χ0) is 33.5. The van der Waals surface area contributed by atoms with E-state index in [1.807, 2.05) is 37.3 Å². The molecule has 3 N–H and O–H groups in total. The van der Waals surface area contributed by atoms with Crippen molar-refractivity contribution in [3.63, 3.8) is 0 Å². The number of hydrogen-bond donors (Lipinski definition) is 3. The quantitative estimate of drug-likeness (QED) is 0.0712. The highest BCUT2D eigenvalue weighted by molar-refractivity contribution is 5.94. The number of nitrogens with one attached hydrogen (secondary N) is 3. The average Bonchev–Trinajstić information content (AvgIpc) is 3.56. The van der Waals surface area contributed by atoms with Gasteiger partial charge in [-0.25, -0.2) is 14.7 Å². The van der Waals surface area contributed by atoms with Crippen molar-refractivity contribution in [1.29, 1.82) is 0 Å². The normalized spacial score (nSPS) is 12.1. The van der Waals surface area contributed by atoms with E-state index in [1.54, 1.807) is 6.92 Å². The second-order valence-electron chi connectivity index (χ2n) is 10.5. The van der Waals surface area contributed by atoms with Crippen molar-refractivity contribution in [1.82, 2.24) is 16.1 Å². The molecule has 0 aliphatic heterocycles. The first-order valence-corrected chi connectivity index (χ1v) is 15.4. The monoisotopic (exact) mass is 639 g/mol. The second kappa shape index (κ2) is 18.3. The number of benzene rings is 2. The lowest BCUT2D eigenvalue weighted by molar-refractivity contribution is -0.144. The smallest absolute Gasteiger partial charge is 0.341 e. The van der Waals surface area contributed by atoms with Gasteiger partial charge >= 0.3 is 5.97 Å². The lowest BCUT2D eigenvalue weighted by Crippen LogP contribution is -2.45. The summed E-state index contributed by atoms with van der Waals surface area (Å²) >= 11 is 0. The molecular formula is C34H42FN3O8. The van der Waals surface area contributed by atoms with Crippen LogP contribution in [-0.2, 0) is 25.8 Å². The maximum Gasteiger partial charge on any atom is 0.341 e. The van der Waals surface area contributed by atoms with Crippen LogP contribution in [-0.4, -0.2) is 44.1 Å². The Labute approximate surface area is 268 Å². The summed E-state index contributed by atoms with van der Waals surface area (Å²) in [6, 6.07) is 14.9. The molecule has 3 rings (SSSR count). The highest BCUT2D eigenvalue weighted by Gasteiger charge is 2.32. The number of hydrogen-bond acceptors (Lipinski definition) is 8. The molecule has 0 fully saturated rings. The molecule has 0 saturated carbocycles. The fourth-order valence-electron chi connectivity index (χ4n) is 4.93. The predicted octanol–water partition coefficient (Wildman–Crippen LogP) is 5.55. The maximum atomic E-state index is 14.7. The molecule has 1 heterocycles. The summed E-state index contributed by atoms with van der Waals surface area (Å²) in [5, 5.41) is 5.30. The number of carbonyl (C=O) groups excluding carboxylic acids is 4. The number of furan rings is 1. The second-order valence-corrected chi connectivity index (χ2v) is 10.5. The van der Waals surface area contributed by atoms with Gasteiger partial charge in [0.2, 0.25) is 11.8 Å². The molecule has 0 spiro atoms. The van der Waals surface area contributed by atoms with Crippen LogP contribution in [0.1, 0.15) is 79.4 Å². The molecule has 0 radical (unpaired) electrons. The lowest BCUT2D eigenvalue weighted by Gasteiger charge is -2.24. The number of halogens is 1. The minimum Gasteiger partial charge on any atom is -0.491 e. The van der Waals surface area contributed by atoms with Gasteiger partial charge in [-0.3, -0.25) is 19.2 Å². The molecule has 0 bridgehead atoms. The molecule has 11 nitrogen and oxygen atoms in total. The molecule has 0 unspecified atom stereocenters. The van der Waals surface area contributed by atoms with E-state index in [0.717, 1.165) is 31.9 Å². The first-order chi connectivity index (χ1) is 22.2. The topological polar surface area (TPSA) is 145 Å². The summed E-state index contributed by atoms with van der Waals surface area (Å²) in [4.78, 5) is 56.7. The van der Waals surface area contributed by atoms with E-state index in [1.165, 1.54) is 24.3 Å². The Bertz CT molecular complexity index is 1460. The largest absolute Gasteiger partial charge is 0.491 e. The van der Waals surface area contributed by atoms with Crippen LogP contribution in [0.4, 0.5) is 4.39 Å². The summed E-state index contributed by atoms with van der Waals surface area (Å²) in [6.45, 7) is 5.70. The Morgan fingerprint density at radius 1 is 0.913 bits per heavy atom. The lowest BCUT2D eigenvalue weighted by atomic mass is 9.84. The fourth-order valence-corrected chi connectivity index (χ4v) is 4.93. The molecule has 0 aliphatic rings. The van der Waals surface area contributed by atoms with Gasteiger partial charge in [0.1, 0.15) is 5.76 Å². The zero-order valence-corrected chi connectivity index (χ0v) is 26.7. The van der Waals surface area contributed by atoms with Crippen LogP contribution in [0.5, 0.6) is 5.75 Å². The molecule has 46 heavy (non-hydrogen) atoms. The highest BCUT2D eigenvalue weighted by Crippen LogP contribution is 2.31.